The minimum Gasteiger partial charge on any atom is -0.440 e. The predicted octanol–water partition coefficient (Wildman–Crippen LogP) is 2.80. The summed E-state index contributed by atoms with van der Waals surface area (Å²) in [5.41, 5.74) is 15.8. The van der Waals surface area contributed by atoms with E-state index in [1.54, 1.807) is 6.07 Å². The van der Waals surface area contributed by atoms with Crippen molar-refractivity contribution in [3.05, 3.63) is 70.6 Å². The quantitative estimate of drug-likeness (QED) is 0.785. The monoisotopic (exact) mass is 277 g/mol. The van der Waals surface area contributed by atoms with Crippen LogP contribution in [-0.4, -0.2) is 0 Å². The van der Waals surface area contributed by atoms with E-state index in [-0.39, 0.29) is 11.8 Å². The zero-order chi connectivity index (χ0) is 15.0. The average molecular weight is 277 g/mol. The summed E-state index contributed by atoms with van der Waals surface area (Å²) in [7, 11) is 0. The SMILES string of the molecule is Cc1ccccc1C1C(C#N)=C(N)Oc2cc(N)ccc21. The van der Waals surface area contributed by atoms with E-state index in [1.807, 2.05) is 43.3 Å². The topological polar surface area (TPSA) is 85.1 Å². The Morgan fingerprint density at radius 1 is 1.10 bits per heavy atom. The van der Waals surface area contributed by atoms with E-state index in [0.29, 0.717) is 17.0 Å². The minimum atomic E-state index is -0.222. The Labute approximate surface area is 123 Å². The minimum absolute atomic E-state index is 0.142. The summed E-state index contributed by atoms with van der Waals surface area (Å²) in [5.74, 6) is 0.532. The molecule has 4 nitrogen and oxygen atoms in total. The molecule has 1 unspecified atom stereocenters. The molecule has 0 aliphatic carbocycles. The lowest BCUT2D eigenvalue weighted by molar-refractivity contribution is 0.394. The van der Waals surface area contributed by atoms with Crippen LogP contribution in [0.15, 0.2) is 53.9 Å². The van der Waals surface area contributed by atoms with Crippen molar-refractivity contribution in [3.63, 3.8) is 0 Å². The second-order valence-electron chi connectivity index (χ2n) is 5.08. The van der Waals surface area contributed by atoms with Gasteiger partial charge in [0.05, 0.1) is 5.92 Å². The molecule has 1 aliphatic rings. The number of nitrogens with two attached hydrogens (primary N) is 2. The zero-order valence-electron chi connectivity index (χ0n) is 11.6. The van der Waals surface area contributed by atoms with E-state index in [0.717, 1.165) is 16.7 Å². The molecule has 2 aromatic rings. The van der Waals surface area contributed by atoms with Crippen molar-refractivity contribution in [1.29, 1.82) is 5.26 Å². The number of nitrogen functional groups attached to an aromatic ring is 1. The fourth-order valence-electron chi connectivity index (χ4n) is 2.70. The zero-order valence-corrected chi connectivity index (χ0v) is 11.6. The number of hydrogen-bond donors (Lipinski definition) is 2. The van der Waals surface area contributed by atoms with E-state index < -0.39 is 0 Å². The Kier molecular flexibility index (Phi) is 3.03. The van der Waals surface area contributed by atoms with Gasteiger partial charge in [0.1, 0.15) is 17.4 Å². The Hall–Kier alpha value is -2.93. The van der Waals surface area contributed by atoms with E-state index in [9.17, 15) is 5.26 Å². The first-order valence-electron chi connectivity index (χ1n) is 6.64. The lowest BCUT2D eigenvalue weighted by Crippen LogP contribution is -2.21. The van der Waals surface area contributed by atoms with Crippen LogP contribution >= 0.6 is 0 Å². The molecule has 2 aromatic carbocycles. The first-order valence-corrected chi connectivity index (χ1v) is 6.64. The van der Waals surface area contributed by atoms with Gasteiger partial charge in [-0.2, -0.15) is 5.26 Å². The van der Waals surface area contributed by atoms with Gasteiger partial charge in [-0.15, -0.1) is 0 Å². The summed E-state index contributed by atoms with van der Waals surface area (Å²) in [6, 6.07) is 15.6. The van der Waals surface area contributed by atoms with E-state index in [2.05, 4.69) is 6.07 Å². The maximum Gasteiger partial charge on any atom is 0.205 e. The van der Waals surface area contributed by atoms with Crippen molar-refractivity contribution < 1.29 is 4.74 Å². The van der Waals surface area contributed by atoms with Crippen LogP contribution in [0.5, 0.6) is 5.75 Å². The first kappa shape index (κ1) is 13.1. The van der Waals surface area contributed by atoms with Gasteiger partial charge in [-0.25, -0.2) is 0 Å². The number of nitrogens with zero attached hydrogens (tertiary/aromatic N) is 1. The fourth-order valence-corrected chi connectivity index (χ4v) is 2.70. The highest BCUT2D eigenvalue weighted by molar-refractivity contribution is 5.60. The van der Waals surface area contributed by atoms with Gasteiger partial charge in [0.15, 0.2) is 0 Å². The van der Waals surface area contributed by atoms with E-state index in [4.69, 9.17) is 16.2 Å². The number of ether oxygens (including phenoxy) is 1. The number of allylic oxidation sites excluding steroid dienone is 1. The number of benzene rings is 2. The highest BCUT2D eigenvalue weighted by Gasteiger charge is 2.31. The summed E-state index contributed by atoms with van der Waals surface area (Å²) in [5, 5.41) is 9.47. The Balaban J connectivity index is 2.27. The molecule has 0 amide bonds. The second-order valence-corrected chi connectivity index (χ2v) is 5.08. The van der Waals surface area contributed by atoms with Crippen molar-refractivity contribution in [3.8, 4) is 11.8 Å². The average Bonchev–Trinajstić information content (AvgIpc) is 2.46. The molecular weight excluding hydrogens is 262 g/mol. The van der Waals surface area contributed by atoms with Gasteiger partial charge in [0.2, 0.25) is 5.88 Å². The van der Waals surface area contributed by atoms with Crippen molar-refractivity contribution in [1.82, 2.24) is 0 Å². The number of nitriles is 1. The highest BCUT2D eigenvalue weighted by atomic mass is 16.5. The molecule has 0 saturated carbocycles. The number of aryl methyl sites for hydroxylation is 1. The molecule has 4 N–H and O–H groups in total. The largest absolute Gasteiger partial charge is 0.440 e. The van der Waals surface area contributed by atoms with Crippen molar-refractivity contribution >= 4 is 5.69 Å². The summed E-state index contributed by atoms with van der Waals surface area (Å²) in [6.07, 6.45) is 0. The third-order valence-corrected chi connectivity index (χ3v) is 3.74. The fraction of sp³-hybridized carbons (Fsp3) is 0.118. The smallest absolute Gasteiger partial charge is 0.205 e. The summed E-state index contributed by atoms with van der Waals surface area (Å²) in [4.78, 5) is 0. The molecule has 1 atom stereocenters. The van der Waals surface area contributed by atoms with Crippen LogP contribution in [0, 0.1) is 18.3 Å². The number of rotatable bonds is 1. The molecule has 0 aromatic heterocycles. The molecule has 4 heteroatoms. The van der Waals surface area contributed by atoms with Crippen LogP contribution in [0.1, 0.15) is 22.6 Å². The lowest BCUT2D eigenvalue weighted by Gasteiger charge is -2.27. The number of anilines is 1. The van der Waals surface area contributed by atoms with E-state index in [1.165, 1.54) is 0 Å². The van der Waals surface area contributed by atoms with Gasteiger partial charge < -0.3 is 16.2 Å². The van der Waals surface area contributed by atoms with Crippen molar-refractivity contribution in [2.45, 2.75) is 12.8 Å². The molecule has 104 valence electrons. The van der Waals surface area contributed by atoms with Crippen LogP contribution in [0.3, 0.4) is 0 Å². The molecule has 1 aliphatic heterocycles. The standard InChI is InChI=1S/C17H15N3O/c1-10-4-2-3-5-12(10)16-13-7-6-11(19)8-15(13)21-17(20)14(16)9-18/h2-8,16H,19-20H2,1H3. The van der Waals surface area contributed by atoms with Crippen LogP contribution < -0.4 is 16.2 Å². The normalized spacial score (nSPS) is 16.9. The first-order chi connectivity index (χ1) is 10.1. The molecular formula is C17H15N3O. The van der Waals surface area contributed by atoms with Crippen molar-refractivity contribution in [2.24, 2.45) is 5.73 Å². The number of fused-ring (bicyclic) bond motifs is 1. The highest BCUT2D eigenvalue weighted by Crippen LogP contribution is 2.43. The molecule has 0 saturated heterocycles. The van der Waals surface area contributed by atoms with Gasteiger partial charge in [-0.3, -0.25) is 0 Å². The third-order valence-electron chi connectivity index (χ3n) is 3.74. The Morgan fingerprint density at radius 2 is 1.86 bits per heavy atom. The Morgan fingerprint density at radius 3 is 2.57 bits per heavy atom. The predicted molar refractivity (Wildman–Crippen MR) is 81.3 cm³/mol. The molecule has 1 heterocycles. The van der Waals surface area contributed by atoms with Gasteiger partial charge in [-0.05, 0) is 24.1 Å². The number of hydrogen-bond acceptors (Lipinski definition) is 4. The van der Waals surface area contributed by atoms with Crippen LogP contribution in [0.2, 0.25) is 0 Å². The molecule has 21 heavy (non-hydrogen) atoms. The van der Waals surface area contributed by atoms with Crippen LogP contribution in [-0.2, 0) is 0 Å². The third kappa shape index (κ3) is 2.09. The van der Waals surface area contributed by atoms with Gasteiger partial charge in [0, 0.05) is 17.3 Å². The molecule has 0 fully saturated rings. The second kappa shape index (κ2) is 4.88. The molecule has 3 rings (SSSR count). The maximum absolute atomic E-state index is 9.47. The summed E-state index contributed by atoms with van der Waals surface area (Å²) in [6.45, 7) is 2.02. The van der Waals surface area contributed by atoms with Gasteiger partial charge >= 0.3 is 0 Å². The lowest BCUT2D eigenvalue weighted by atomic mass is 9.81. The van der Waals surface area contributed by atoms with Crippen LogP contribution in [0.25, 0.3) is 0 Å². The van der Waals surface area contributed by atoms with Crippen LogP contribution in [0.4, 0.5) is 5.69 Å². The van der Waals surface area contributed by atoms with Crippen molar-refractivity contribution in [2.75, 3.05) is 5.73 Å². The van der Waals surface area contributed by atoms with Gasteiger partial charge in [0.25, 0.3) is 0 Å². The maximum atomic E-state index is 9.47. The summed E-state index contributed by atoms with van der Waals surface area (Å²) >= 11 is 0. The summed E-state index contributed by atoms with van der Waals surface area (Å²) < 4.78 is 5.56. The van der Waals surface area contributed by atoms with E-state index >= 15 is 0 Å². The van der Waals surface area contributed by atoms with Gasteiger partial charge in [-0.1, -0.05) is 30.3 Å². The molecule has 0 radical (unpaired) electrons. The molecule has 0 spiro atoms. The molecule has 0 bridgehead atoms. The Bertz CT molecular complexity index is 787.